The van der Waals surface area contributed by atoms with Gasteiger partial charge < -0.3 is 19.4 Å². The van der Waals surface area contributed by atoms with Gasteiger partial charge >= 0.3 is 6.03 Å². The van der Waals surface area contributed by atoms with E-state index >= 15 is 0 Å². The summed E-state index contributed by atoms with van der Waals surface area (Å²) in [5.41, 5.74) is 0.100. The van der Waals surface area contributed by atoms with Gasteiger partial charge in [0.1, 0.15) is 5.76 Å². The average molecular weight is 335 g/mol. The number of nitrogens with zero attached hydrogens (tertiary/aromatic N) is 2. The summed E-state index contributed by atoms with van der Waals surface area (Å²) in [6, 6.07) is 3.70. The van der Waals surface area contributed by atoms with Crippen molar-refractivity contribution in [3.63, 3.8) is 0 Å². The lowest BCUT2D eigenvalue weighted by molar-refractivity contribution is -0.0360. The van der Waals surface area contributed by atoms with Crippen molar-refractivity contribution in [3.8, 4) is 0 Å². The van der Waals surface area contributed by atoms with Gasteiger partial charge in [-0.1, -0.05) is 19.3 Å². The predicted octanol–water partition coefficient (Wildman–Crippen LogP) is 2.46. The van der Waals surface area contributed by atoms with Crippen molar-refractivity contribution in [1.29, 1.82) is 0 Å². The third-order valence-corrected chi connectivity index (χ3v) is 5.35. The Labute approximate surface area is 144 Å². The van der Waals surface area contributed by atoms with Crippen molar-refractivity contribution in [2.24, 2.45) is 0 Å². The first-order valence-corrected chi connectivity index (χ1v) is 9.04. The number of urea groups is 1. The molecule has 1 aliphatic heterocycles. The van der Waals surface area contributed by atoms with Crippen LogP contribution in [0.3, 0.4) is 0 Å². The summed E-state index contributed by atoms with van der Waals surface area (Å²) in [7, 11) is 1.81. The molecular formula is C18H29N3O3. The topological polar surface area (TPSA) is 58.0 Å². The van der Waals surface area contributed by atoms with Crippen LogP contribution in [0.2, 0.25) is 0 Å². The molecule has 1 saturated heterocycles. The number of ether oxygens (including phenoxy) is 1. The highest BCUT2D eigenvalue weighted by Crippen LogP contribution is 2.33. The molecule has 0 unspecified atom stereocenters. The second-order valence-corrected chi connectivity index (χ2v) is 6.98. The molecule has 1 saturated carbocycles. The first-order valence-electron chi connectivity index (χ1n) is 9.04. The van der Waals surface area contributed by atoms with Crippen LogP contribution >= 0.6 is 0 Å². The zero-order valence-electron chi connectivity index (χ0n) is 14.6. The number of furan rings is 1. The highest BCUT2D eigenvalue weighted by atomic mass is 16.5. The van der Waals surface area contributed by atoms with Gasteiger partial charge in [-0.05, 0) is 25.0 Å². The third-order valence-electron chi connectivity index (χ3n) is 5.35. The summed E-state index contributed by atoms with van der Waals surface area (Å²) in [4.78, 5) is 16.7. The lowest BCUT2D eigenvalue weighted by atomic mass is 9.80. The maximum atomic E-state index is 12.5. The maximum Gasteiger partial charge on any atom is 0.317 e. The van der Waals surface area contributed by atoms with Gasteiger partial charge in [-0.15, -0.1) is 0 Å². The van der Waals surface area contributed by atoms with Gasteiger partial charge in [-0.3, -0.25) is 4.90 Å². The predicted molar refractivity (Wildman–Crippen MR) is 91.8 cm³/mol. The summed E-state index contributed by atoms with van der Waals surface area (Å²) >= 11 is 0. The molecule has 0 spiro atoms. The van der Waals surface area contributed by atoms with Crippen molar-refractivity contribution in [2.75, 3.05) is 39.9 Å². The highest BCUT2D eigenvalue weighted by Gasteiger charge is 2.39. The van der Waals surface area contributed by atoms with E-state index in [2.05, 4.69) is 10.2 Å². The number of morpholine rings is 1. The molecule has 0 aromatic carbocycles. The van der Waals surface area contributed by atoms with E-state index in [0.29, 0.717) is 13.1 Å². The lowest BCUT2D eigenvalue weighted by Gasteiger charge is -2.48. The first kappa shape index (κ1) is 17.3. The Morgan fingerprint density at radius 1 is 1.29 bits per heavy atom. The summed E-state index contributed by atoms with van der Waals surface area (Å²) in [6.45, 7) is 4.75. The van der Waals surface area contributed by atoms with E-state index in [1.165, 1.54) is 19.3 Å². The number of hydrogen-bond acceptors (Lipinski definition) is 4. The largest absolute Gasteiger partial charge is 0.467 e. The van der Waals surface area contributed by atoms with Crippen LogP contribution in [-0.4, -0.2) is 61.3 Å². The van der Waals surface area contributed by atoms with Gasteiger partial charge in [0.05, 0.1) is 26.0 Å². The van der Waals surface area contributed by atoms with E-state index in [0.717, 1.165) is 44.9 Å². The van der Waals surface area contributed by atoms with Crippen LogP contribution in [0, 0.1) is 0 Å². The Morgan fingerprint density at radius 3 is 2.71 bits per heavy atom. The minimum atomic E-state index is -0.0374. The minimum absolute atomic E-state index is 0.0374. The molecule has 0 radical (unpaired) electrons. The van der Waals surface area contributed by atoms with E-state index in [4.69, 9.17) is 9.15 Å². The molecule has 0 bridgehead atoms. The van der Waals surface area contributed by atoms with Crippen LogP contribution in [0.1, 0.15) is 37.9 Å². The zero-order valence-corrected chi connectivity index (χ0v) is 14.6. The van der Waals surface area contributed by atoms with Crippen LogP contribution in [0.5, 0.6) is 0 Å². The Bertz CT molecular complexity index is 506. The molecule has 134 valence electrons. The fraction of sp³-hybridized carbons (Fsp3) is 0.722. The monoisotopic (exact) mass is 335 g/mol. The number of carbonyl (C=O) groups excluding carboxylic acids is 1. The fourth-order valence-corrected chi connectivity index (χ4v) is 3.94. The Hall–Kier alpha value is -1.53. The number of carbonyl (C=O) groups is 1. The molecule has 6 nitrogen and oxygen atoms in total. The standard InChI is InChI=1S/C18H29N3O3/c1-20(14-16-6-5-11-24-16)17(22)19-15-18(7-3-2-4-8-18)21-9-12-23-13-10-21/h5-6,11H,2-4,7-10,12-15H2,1H3,(H,19,22). The molecule has 1 aromatic rings. The van der Waals surface area contributed by atoms with E-state index < -0.39 is 0 Å². The van der Waals surface area contributed by atoms with Gasteiger partial charge in [0.25, 0.3) is 0 Å². The van der Waals surface area contributed by atoms with Crippen LogP contribution in [0.4, 0.5) is 4.79 Å². The van der Waals surface area contributed by atoms with Crippen LogP contribution in [0.15, 0.2) is 22.8 Å². The van der Waals surface area contributed by atoms with Crippen molar-refractivity contribution in [2.45, 2.75) is 44.2 Å². The molecule has 1 aliphatic carbocycles. The Balaban J connectivity index is 1.57. The van der Waals surface area contributed by atoms with E-state index in [9.17, 15) is 4.79 Å². The van der Waals surface area contributed by atoms with Crippen molar-refractivity contribution < 1.29 is 13.9 Å². The van der Waals surface area contributed by atoms with Gasteiger partial charge in [0, 0.05) is 32.2 Å². The molecule has 2 amide bonds. The van der Waals surface area contributed by atoms with Gasteiger partial charge in [0.2, 0.25) is 0 Å². The summed E-state index contributed by atoms with van der Waals surface area (Å²) in [5, 5.41) is 3.17. The molecule has 2 fully saturated rings. The smallest absolute Gasteiger partial charge is 0.317 e. The number of amides is 2. The van der Waals surface area contributed by atoms with E-state index in [1.54, 1.807) is 18.2 Å². The molecule has 1 aromatic heterocycles. The van der Waals surface area contributed by atoms with Crippen molar-refractivity contribution in [1.82, 2.24) is 15.1 Å². The van der Waals surface area contributed by atoms with Gasteiger partial charge in [-0.25, -0.2) is 4.79 Å². The first-order chi connectivity index (χ1) is 11.7. The molecule has 2 aliphatic rings. The van der Waals surface area contributed by atoms with Crippen LogP contribution in [0.25, 0.3) is 0 Å². The molecule has 24 heavy (non-hydrogen) atoms. The average Bonchev–Trinajstić information content (AvgIpc) is 3.14. The molecular weight excluding hydrogens is 306 g/mol. The van der Waals surface area contributed by atoms with Crippen LogP contribution < -0.4 is 5.32 Å². The lowest BCUT2D eigenvalue weighted by Crippen LogP contribution is -2.60. The summed E-state index contributed by atoms with van der Waals surface area (Å²) in [5.74, 6) is 0.799. The van der Waals surface area contributed by atoms with E-state index in [1.807, 2.05) is 12.1 Å². The third kappa shape index (κ3) is 4.11. The zero-order chi connectivity index (χ0) is 16.8. The van der Waals surface area contributed by atoms with Gasteiger partial charge in [0.15, 0.2) is 0 Å². The second-order valence-electron chi connectivity index (χ2n) is 6.98. The van der Waals surface area contributed by atoms with Crippen molar-refractivity contribution >= 4 is 6.03 Å². The Morgan fingerprint density at radius 2 is 2.04 bits per heavy atom. The number of hydrogen-bond donors (Lipinski definition) is 1. The summed E-state index contributed by atoms with van der Waals surface area (Å²) in [6.07, 6.45) is 7.75. The molecule has 6 heteroatoms. The number of nitrogens with one attached hydrogen (secondary N) is 1. The molecule has 0 atom stereocenters. The minimum Gasteiger partial charge on any atom is -0.467 e. The highest BCUT2D eigenvalue weighted by molar-refractivity contribution is 5.73. The SMILES string of the molecule is CN(Cc1ccco1)C(=O)NCC1(N2CCOCC2)CCCCC1. The quantitative estimate of drug-likeness (QED) is 0.898. The maximum absolute atomic E-state index is 12.5. The van der Waals surface area contributed by atoms with Crippen LogP contribution in [-0.2, 0) is 11.3 Å². The molecule has 2 heterocycles. The molecule has 1 N–H and O–H groups in total. The normalized spacial score (nSPS) is 21.4. The van der Waals surface area contributed by atoms with Crippen molar-refractivity contribution in [3.05, 3.63) is 24.2 Å². The second kappa shape index (κ2) is 8.03. The fourth-order valence-electron chi connectivity index (χ4n) is 3.94. The number of rotatable bonds is 5. The summed E-state index contributed by atoms with van der Waals surface area (Å²) < 4.78 is 10.8. The van der Waals surface area contributed by atoms with Gasteiger partial charge in [-0.2, -0.15) is 0 Å². The Kier molecular flexibility index (Phi) is 5.79. The molecule has 3 rings (SSSR count). The van der Waals surface area contributed by atoms with E-state index in [-0.39, 0.29) is 11.6 Å².